The molecule has 0 amide bonds. The summed E-state index contributed by atoms with van der Waals surface area (Å²) in [6, 6.07) is 8.63. The van der Waals surface area contributed by atoms with E-state index in [1.165, 1.54) is 30.3 Å². The average molecular weight is 429 g/mol. The molecule has 2 aromatic carbocycles. The van der Waals surface area contributed by atoms with E-state index in [9.17, 15) is 18.0 Å². The van der Waals surface area contributed by atoms with Crippen molar-refractivity contribution in [1.29, 1.82) is 0 Å². The van der Waals surface area contributed by atoms with Gasteiger partial charge in [0.25, 0.3) is 0 Å². The van der Waals surface area contributed by atoms with Crippen molar-refractivity contribution in [3.63, 3.8) is 0 Å². The highest BCUT2D eigenvalue weighted by Crippen LogP contribution is 2.30. The first-order valence-corrected chi connectivity index (χ1v) is 10.1. The first-order valence-electron chi connectivity index (χ1n) is 7.87. The predicted molar refractivity (Wildman–Crippen MR) is 100 cm³/mol. The molecule has 28 heavy (non-hydrogen) atoms. The predicted octanol–water partition coefficient (Wildman–Crippen LogP) is 2.26. The Balaban J connectivity index is 2.46. The van der Waals surface area contributed by atoms with Gasteiger partial charge in [-0.15, -0.1) is 0 Å². The van der Waals surface area contributed by atoms with Gasteiger partial charge in [0.2, 0.25) is 0 Å². The molecule has 0 aromatic heterocycles. The van der Waals surface area contributed by atoms with Crippen molar-refractivity contribution in [2.24, 2.45) is 0 Å². The van der Waals surface area contributed by atoms with Gasteiger partial charge >= 0.3 is 11.9 Å². The Bertz CT molecular complexity index is 1000. The fraction of sp³-hybridized carbons (Fsp3) is 0.222. The zero-order valence-electron chi connectivity index (χ0n) is 14.7. The number of halogens is 1. The minimum Gasteiger partial charge on any atom is -0.482 e. The second kappa shape index (κ2) is 8.94. The monoisotopic (exact) mass is 428 g/mol. The lowest BCUT2D eigenvalue weighted by Gasteiger charge is -2.15. The lowest BCUT2D eigenvalue weighted by atomic mass is 10.0. The van der Waals surface area contributed by atoms with Gasteiger partial charge in [-0.2, -0.15) is 0 Å². The quantitative estimate of drug-likeness (QED) is 0.622. The van der Waals surface area contributed by atoms with Crippen LogP contribution >= 0.6 is 11.6 Å². The number of sulfone groups is 1. The molecule has 0 bridgehead atoms. The lowest BCUT2D eigenvalue weighted by Crippen LogP contribution is -2.12. The summed E-state index contributed by atoms with van der Waals surface area (Å²) in [7, 11) is -3.51. The Morgan fingerprint density at radius 3 is 1.93 bits per heavy atom. The molecule has 0 saturated carbocycles. The summed E-state index contributed by atoms with van der Waals surface area (Å²) in [5, 5.41) is 18.0. The molecule has 8 nitrogen and oxygen atoms in total. The van der Waals surface area contributed by atoms with E-state index in [0.717, 1.165) is 6.26 Å². The third kappa shape index (κ3) is 6.14. The number of carboxylic acids is 2. The Hall–Kier alpha value is -2.78. The van der Waals surface area contributed by atoms with Crippen molar-refractivity contribution in [2.75, 3.05) is 19.5 Å². The molecule has 0 saturated heterocycles. The fourth-order valence-corrected chi connectivity index (χ4v) is 3.24. The molecule has 0 unspecified atom stereocenters. The van der Waals surface area contributed by atoms with Crippen LogP contribution in [-0.4, -0.2) is 50.0 Å². The Kier molecular flexibility index (Phi) is 6.87. The van der Waals surface area contributed by atoms with Gasteiger partial charge < -0.3 is 19.7 Å². The minimum atomic E-state index is -3.51. The fourth-order valence-electron chi connectivity index (χ4n) is 2.38. The summed E-state index contributed by atoms with van der Waals surface area (Å²) < 4.78 is 34.2. The second-order valence-electron chi connectivity index (χ2n) is 5.84. The first-order chi connectivity index (χ1) is 13.1. The van der Waals surface area contributed by atoms with Gasteiger partial charge in [0.15, 0.2) is 23.1 Å². The second-order valence-corrected chi connectivity index (χ2v) is 8.29. The van der Waals surface area contributed by atoms with E-state index >= 15 is 0 Å². The maximum absolute atomic E-state index is 11.9. The molecule has 0 spiro atoms. The van der Waals surface area contributed by atoms with Crippen LogP contribution in [0.2, 0.25) is 5.02 Å². The van der Waals surface area contributed by atoms with E-state index in [0.29, 0.717) is 16.1 Å². The van der Waals surface area contributed by atoms with E-state index in [1.54, 1.807) is 6.07 Å². The number of ether oxygens (including phenoxy) is 2. The van der Waals surface area contributed by atoms with E-state index in [4.69, 9.17) is 31.3 Å². The van der Waals surface area contributed by atoms with Gasteiger partial charge in [-0.25, -0.2) is 18.0 Å². The smallest absolute Gasteiger partial charge is 0.341 e. The molecule has 0 aliphatic heterocycles. The first kappa shape index (κ1) is 21.5. The number of carboxylic acid groups (broad SMARTS) is 2. The summed E-state index contributed by atoms with van der Waals surface area (Å²) in [6.45, 7) is -1.18. The number of aliphatic carboxylic acids is 2. The van der Waals surface area contributed by atoms with Crippen LogP contribution in [0.4, 0.5) is 0 Å². The van der Waals surface area contributed by atoms with Gasteiger partial charge in [-0.1, -0.05) is 11.6 Å². The van der Waals surface area contributed by atoms with Crippen LogP contribution in [0.15, 0.2) is 41.3 Å². The largest absolute Gasteiger partial charge is 0.482 e. The van der Waals surface area contributed by atoms with Crippen LogP contribution in [0.1, 0.15) is 11.1 Å². The van der Waals surface area contributed by atoms with E-state index in [1.807, 2.05) is 0 Å². The van der Waals surface area contributed by atoms with Crippen molar-refractivity contribution in [2.45, 2.75) is 11.3 Å². The number of carbonyl (C=O) groups is 2. The van der Waals surface area contributed by atoms with Crippen molar-refractivity contribution >= 4 is 33.4 Å². The van der Waals surface area contributed by atoms with Gasteiger partial charge in [-0.05, 0) is 42.0 Å². The summed E-state index contributed by atoms with van der Waals surface area (Å²) in [6.07, 6.45) is 1.12. The molecule has 2 N–H and O–H groups in total. The summed E-state index contributed by atoms with van der Waals surface area (Å²) in [5.41, 5.74) is 0.867. The molecule has 0 fully saturated rings. The van der Waals surface area contributed by atoms with E-state index < -0.39 is 35.0 Å². The average Bonchev–Trinajstić information content (AvgIpc) is 2.58. The highest BCUT2D eigenvalue weighted by Gasteiger charge is 2.16. The molecular weight excluding hydrogens is 412 g/mol. The molecular formula is C18H17ClO8S. The zero-order chi connectivity index (χ0) is 20.9. The molecule has 150 valence electrons. The van der Waals surface area contributed by atoms with Gasteiger partial charge in [-0.3, -0.25) is 0 Å². The van der Waals surface area contributed by atoms with Crippen LogP contribution in [0.5, 0.6) is 11.5 Å². The Morgan fingerprint density at radius 1 is 0.929 bits per heavy atom. The van der Waals surface area contributed by atoms with E-state index in [-0.39, 0.29) is 22.8 Å². The van der Waals surface area contributed by atoms with Crippen LogP contribution in [0.3, 0.4) is 0 Å². The maximum Gasteiger partial charge on any atom is 0.341 e. The maximum atomic E-state index is 11.9. The summed E-state index contributed by atoms with van der Waals surface area (Å²) in [4.78, 5) is 21.6. The van der Waals surface area contributed by atoms with Crippen molar-refractivity contribution in [3.05, 3.63) is 52.5 Å². The summed E-state index contributed by atoms with van der Waals surface area (Å²) >= 11 is 6.02. The number of benzene rings is 2. The summed E-state index contributed by atoms with van der Waals surface area (Å²) in [5.74, 6) is -1.92. The number of hydrogen-bond acceptors (Lipinski definition) is 6. The van der Waals surface area contributed by atoms with Crippen molar-refractivity contribution < 1.29 is 37.7 Å². The standard InChI is InChI=1S/C18H17ClO8S/c1-28(24,25)14-3-5-16(27-10-18(22)23)12(8-14)6-11-7-13(19)2-4-15(11)26-9-17(20)21/h2-5,7-8H,6,9-10H2,1H3,(H,20,21)(H,22,23). The van der Waals surface area contributed by atoms with Crippen LogP contribution < -0.4 is 9.47 Å². The SMILES string of the molecule is CS(=O)(=O)c1ccc(OCC(=O)O)c(Cc2cc(Cl)ccc2OCC(=O)O)c1. The highest BCUT2D eigenvalue weighted by atomic mass is 35.5. The van der Waals surface area contributed by atoms with Crippen LogP contribution in [-0.2, 0) is 25.8 Å². The highest BCUT2D eigenvalue weighted by molar-refractivity contribution is 7.90. The third-order valence-electron chi connectivity index (χ3n) is 3.57. The molecule has 10 heteroatoms. The third-order valence-corrected chi connectivity index (χ3v) is 4.91. The molecule has 0 heterocycles. The molecule has 0 aliphatic carbocycles. The molecule has 0 atom stereocenters. The van der Waals surface area contributed by atoms with Crippen LogP contribution in [0.25, 0.3) is 0 Å². The van der Waals surface area contributed by atoms with Gasteiger partial charge in [0.05, 0.1) is 4.90 Å². The van der Waals surface area contributed by atoms with Gasteiger partial charge in [0.1, 0.15) is 11.5 Å². The van der Waals surface area contributed by atoms with Crippen molar-refractivity contribution in [3.8, 4) is 11.5 Å². The normalized spacial score (nSPS) is 11.1. The topological polar surface area (TPSA) is 127 Å². The van der Waals surface area contributed by atoms with E-state index in [2.05, 4.69) is 0 Å². The Labute approximate surface area is 166 Å². The zero-order valence-corrected chi connectivity index (χ0v) is 16.3. The molecule has 0 aliphatic rings. The molecule has 2 aromatic rings. The minimum absolute atomic E-state index is 0.0280. The lowest BCUT2D eigenvalue weighted by molar-refractivity contribution is -0.140. The number of rotatable bonds is 9. The van der Waals surface area contributed by atoms with Crippen LogP contribution in [0, 0.1) is 0 Å². The Morgan fingerprint density at radius 2 is 1.43 bits per heavy atom. The number of hydrogen-bond donors (Lipinski definition) is 2. The van der Waals surface area contributed by atoms with Crippen molar-refractivity contribution in [1.82, 2.24) is 0 Å². The van der Waals surface area contributed by atoms with Gasteiger partial charge in [0, 0.05) is 23.3 Å². The molecule has 0 radical (unpaired) electrons. The molecule has 2 rings (SSSR count).